The molecule has 0 heterocycles. The fourth-order valence-electron chi connectivity index (χ4n) is 2.47. The first-order chi connectivity index (χ1) is 10.1. The number of carbonyl (C=O) groups is 1. The van der Waals surface area contributed by atoms with Crippen LogP contribution in [0.25, 0.3) is 0 Å². The fraction of sp³-hybridized carbons (Fsp3) is 0.467. The molecule has 5 nitrogen and oxygen atoms in total. The number of para-hydroxylation sites is 1. The molecule has 0 saturated heterocycles. The van der Waals surface area contributed by atoms with E-state index in [2.05, 4.69) is 10.6 Å². The Kier molecular flexibility index (Phi) is 5.12. The second-order valence-corrected chi connectivity index (χ2v) is 5.20. The topological polar surface area (TPSA) is 85.2 Å². The average molecular weight is 291 g/mol. The number of amides is 1. The van der Waals surface area contributed by atoms with Crippen LogP contribution in [-0.2, 0) is 4.79 Å². The number of nitrogens with zero attached hydrogens (tertiary/aromatic N) is 1. The minimum atomic E-state index is -0.467. The van der Waals surface area contributed by atoms with Crippen molar-refractivity contribution in [2.45, 2.75) is 44.2 Å². The van der Waals surface area contributed by atoms with Gasteiger partial charge in [-0.15, -0.1) is 0 Å². The van der Waals surface area contributed by atoms with Crippen molar-refractivity contribution in [2.24, 2.45) is 0 Å². The van der Waals surface area contributed by atoms with E-state index in [0.717, 1.165) is 12.8 Å². The van der Waals surface area contributed by atoms with Crippen molar-refractivity contribution in [1.29, 1.82) is 5.26 Å². The number of benzene rings is 1. The molecular weight excluding hydrogens is 273 g/mol. The Hall–Kier alpha value is -2.13. The van der Waals surface area contributed by atoms with Crippen molar-refractivity contribution in [3.63, 3.8) is 0 Å². The van der Waals surface area contributed by atoms with Crippen LogP contribution in [0.5, 0.6) is 0 Å². The fourth-order valence-corrected chi connectivity index (χ4v) is 2.47. The van der Waals surface area contributed by atoms with Gasteiger partial charge < -0.3 is 15.7 Å². The maximum Gasteiger partial charge on any atom is 0.238 e. The van der Waals surface area contributed by atoms with E-state index in [0.29, 0.717) is 18.5 Å². The second-order valence-electron chi connectivity index (χ2n) is 5.20. The van der Waals surface area contributed by atoms with Crippen LogP contribution < -0.4 is 10.6 Å². The molecule has 0 atom stereocenters. The third-order valence-electron chi connectivity index (χ3n) is 3.57. The van der Waals surface area contributed by atoms with Crippen LogP contribution >= 0.6 is 0 Å². The third-order valence-corrected chi connectivity index (χ3v) is 3.57. The van der Waals surface area contributed by atoms with Gasteiger partial charge in [0.25, 0.3) is 0 Å². The highest BCUT2D eigenvalue weighted by atomic mass is 19.1. The predicted molar refractivity (Wildman–Crippen MR) is 77.1 cm³/mol. The zero-order valence-corrected chi connectivity index (χ0v) is 11.6. The molecule has 1 saturated carbocycles. The highest BCUT2D eigenvalue weighted by molar-refractivity contribution is 5.95. The molecule has 0 bridgehead atoms. The number of carbonyl (C=O) groups excluding carboxylic acids is 1. The smallest absolute Gasteiger partial charge is 0.238 e. The molecule has 1 fully saturated rings. The molecule has 6 heteroatoms. The van der Waals surface area contributed by atoms with Crippen LogP contribution in [-0.4, -0.2) is 23.2 Å². The number of nitriles is 1. The molecule has 1 aliphatic carbocycles. The summed E-state index contributed by atoms with van der Waals surface area (Å²) in [7, 11) is 0. The Labute approximate surface area is 122 Å². The van der Waals surface area contributed by atoms with Gasteiger partial charge in [-0.3, -0.25) is 4.79 Å². The van der Waals surface area contributed by atoms with Crippen molar-refractivity contribution in [1.82, 2.24) is 0 Å². The number of hydrogen-bond acceptors (Lipinski definition) is 4. The highest BCUT2D eigenvalue weighted by Gasteiger charge is 2.21. The SMILES string of the molecule is N#CCC(=O)Nc1cccc(F)c1NC1CCC(O)CC1. The molecule has 0 aliphatic heterocycles. The summed E-state index contributed by atoms with van der Waals surface area (Å²) < 4.78 is 14.0. The second kappa shape index (κ2) is 7.04. The van der Waals surface area contributed by atoms with Gasteiger partial charge in [0.05, 0.1) is 23.5 Å². The van der Waals surface area contributed by atoms with Gasteiger partial charge in [-0.05, 0) is 37.8 Å². The van der Waals surface area contributed by atoms with E-state index in [1.807, 2.05) is 0 Å². The van der Waals surface area contributed by atoms with Gasteiger partial charge in [0.2, 0.25) is 5.91 Å². The van der Waals surface area contributed by atoms with Gasteiger partial charge in [-0.1, -0.05) is 6.07 Å². The Morgan fingerprint density at radius 1 is 1.38 bits per heavy atom. The minimum absolute atomic E-state index is 0.0666. The van der Waals surface area contributed by atoms with Crippen molar-refractivity contribution in [2.75, 3.05) is 10.6 Å². The normalized spacial score (nSPS) is 21.4. The van der Waals surface area contributed by atoms with Crippen LogP contribution in [0.15, 0.2) is 18.2 Å². The zero-order chi connectivity index (χ0) is 15.2. The van der Waals surface area contributed by atoms with Gasteiger partial charge in [-0.25, -0.2) is 4.39 Å². The monoisotopic (exact) mass is 291 g/mol. The van der Waals surface area contributed by atoms with E-state index in [4.69, 9.17) is 5.26 Å². The van der Waals surface area contributed by atoms with Crippen LogP contribution in [0.2, 0.25) is 0 Å². The number of nitrogens with one attached hydrogen (secondary N) is 2. The number of hydrogen-bond donors (Lipinski definition) is 3. The first-order valence-corrected chi connectivity index (χ1v) is 7.00. The minimum Gasteiger partial charge on any atom is -0.393 e. The van der Waals surface area contributed by atoms with Crippen LogP contribution in [0.3, 0.4) is 0 Å². The van der Waals surface area contributed by atoms with Crippen LogP contribution in [0.4, 0.5) is 15.8 Å². The molecule has 21 heavy (non-hydrogen) atoms. The predicted octanol–water partition coefficient (Wildman–Crippen LogP) is 2.39. The molecule has 3 N–H and O–H groups in total. The molecule has 1 amide bonds. The lowest BCUT2D eigenvalue weighted by Crippen LogP contribution is -2.29. The van der Waals surface area contributed by atoms with Crippen molar-refractivity contribution in [3.05, 3.63) is 24.0 Å². The van der Waals surface area contributed by atoms with Crippen molar-refractivity contribution < 1.29 is 14.3 Å². The summed E-state index contributed by atoms with van der Waals surface area (Å²) in [6.07, 6.45) is 2.32. The molecular formula is C15H18FN3O2. The zero-order valence-electron chi connectivity index (χ0n) is 11.6. The van der Waals surface area contributed by atoms with Crippen LogP contribution in [0, 0.1) is 17.1 Å². The molecule has 0 aromatic heterocycles. The molecule has 1 aliphatic rings. The van der Waals surface area contributed by atoms with Gasteiger partial charge in [-0.2, -0.15) is 5.26 Å². The van der Waals surface area contributed by atoms with Crippen molar-refractivity contribution in [3.8, 4) is 6.07 Å². The summed E-state index contributed by atoms with van der Waals surface area (Å²) in [5.41, 5.74) is 0.576. The van der Waals surface area contributed by atoms with E-state index in [1.165, 1.54) is 12.1 Å². The lowest BCUT2D eigenvalue weighted by Gasteiger charge is -2.28. The van der Waals surface area contributed by atoms with E-state index in [-0.39, 0.29) is 24.3 Å². The van der Waals surface area contributed by atoms with E-state index in [1.54, 1.807) is 12.1 Å². The third kappa shape index (κ3) is 4.17. The number of halogens is 1. The van der Waals surface area contributed by atoms with E-state index < -0.39 is 11.7 Å². The summed E-state index contributed by atoms with van der Waals surface area (Å²) >= 11 is 0. The Balaban J connectivity index is 2.10. The molecule has 0 unspecified atom stereocenters. The average Bonchev–Trinajstić information content (AvgIpc) is 2.45. The van der Waals surface area contributed by atoms with Gasteiger partial charge in [0, 0.05) is 6.04 Å². The summed E-state index contributed by atoms with van der Waals surface area (Å²) in [5, 5.41) is 23.6. The first-order valence-electron chi connectivity index (χ1n) is 7.00. The van der Waals surface area contributed by atoms with Crippen LogP contribution in [0.1, 0.15) is 32.1 Å². The maximum absolute atomic E-state index is 14.0. The number of anilines is 2. The largest absolute Gasteiger partial charge is 0.393 e. The Morgan fingerprint density at radius 3 is 2.76 bits per heavy atom. The lowest BCUT2D eigenvalue weighted by atomic mass is 9.93. The maximum atomic E-state index is 14.0. The molecule has 1 aromatic carbocycles. The number of aliphatic hydroxyl groups excluding tert-OH is 1. The standard InChI is InChI=1S/C15H18FN3O2/c16-12-2-1-3-13(19-14(21)8-9-17)15(12)18-10-4-6-11(20)7-5-10/h1-3,10-11,18,20H,4-8H2,(H,19,21). The van der Waals surface area contributed by atoms with Gasteiger partial charge in [0.15, 0.2) is 0 Å². The molecule has 2 rings (SSSR count). The lowest BCUT2D eigenvalue weighted by molar-refractivity contribution is -0.115. The number of rotatable bonds is 4. The molecule has 112 valence electrons. The number of aliphatic hydroxyl groups is 1. The summed E-state index contributed by atoms with van der Waals surface area (Å²) in [5.74, 6) is -0.916. The quantitative estimate of drug-likeness (QED) is 0.795. The highest BCUT2D eigenvalue weighted by Crippen LogP contribution is 2.29. The molecule has 1 aromatic rings. The summed E-state index contributed by atoms with van der Waals surface area (Å²) in [6.45, 7) is 0. The van der Waals surface area contributed by atoms with Gasteiger partial charge >= 0.3 is 0 Å². The Bertz CT molecular complexity index is 548. The van der Waals surface area contributed by atoms with E-state index >= 15 is 0 Å². The molecule has 0 radical (unpaired) electrons. The summed E-state index contributed by atoms with van der Waals surface area (Å²) in [6, 6.07) is 6.24. The van der Waals surface area contributed by atoms with Gasteiger partial charge in [0.1, 0.15) is 12.2 Å². The molecule has 0 spiro atoms. The Morgan fingerprint density at radius 2 is 2.10 bits per heavy atom. The first kappa shape index (κ1) is 15.3. The summed E-state index contributed by atoms with van der Waals surface area (Å²) in [4.78, 5) is 11.5. The van der Waals surface area contributed by atoms with Crippen molar-refractivity contribution >= 4 is 17.3 Å². The van der Waals surface area contributed by atoms with E-state index in [9.17, 15) is 14.3 Å².